The standard InChI is InChI=1S/C22H21N7O/c1-15-5-3-7-18(27-15)8-11-24-21(30)19-14-26-29(16(19)2)22-25-12-9-20(28-22)17-6-4-10-23-13-17/h3-7,9-10,12-14H,8,11H2,1-2H3,(H,24,30). The van der Waals surface area contributed by atoms with Crippen LogP contribution in [-0.2, 0) is 6.42 Å². The van der Waals surface area contributed by atoms with E-state index in [0.29, 0.717) is 30.2 Å². The van der Waals surface area contributed by atoms with Crippen molar-refractivity contribution in [1.82, 2.24) is 35.0 Å². The number of amides is 1. The van der Waals surface area contributed by atoms with Crippen LogP contribution in [0, 0.1) is 13.8 Å². The van der Waals surface area contributed by atoms with Crippen LogP contribution in [0.1, 0.15) is 27.4 Å². The molecule has 0 aliphatic heterocycles. The highest BCUT2D eigenvalue weighted by molar-refractivity contribution is 5.95. The van der Waals surface area contributed by atoms with Gasteiger partial charge in [-0.25, -0.2) is 14.6 Å². The Morgan fingerprint density at radius 3 is 2.73 bits per heavy atom. The van der Waals surface area contributed by atoms with Crippen molar-refractivity contribution in [3.05, 3.63) is 83.8 Å². The summed E-state index contributed by atoms with van der Waals surface area (Å²) in [5, 5.41) is 7.25. The second-order valence-electron chi connectivity index (χ2n) is 6.82. The van der Waals surface area contributed by atoms with Gasteiger partial charge in [-0.1, -0.05) is 6.07 Å². The smallest absolute Gasteiger partial charge is 0.254 e. The zero-order chi connectivity index (χ0) is 20.9. The summed E-state index contributed by atoms with van der Waals surface area (Å²) in [5.74, 6) is 0.215. The first-order valence-corrected chi connectivity index (χ1v) is 9.61. The molecule has 8 nitrogen and oxygen atoms in total. The molecule has 4 heterocycles. The van der Waals surface area contributed by atoms with Gasteiger partial charge in [0.2, 0.25) is 0 Å². The van der Waals surface area contributed by atoms with Crippen LogP contribution in [-0.4, -0.2) is 42.2 Å². The van der Waals surface area contributed by atoms with E-state index in [9.17, 15) is 4.79 Å². The minimum absolute atomic E-state index is 0.185. The summed E-state index contributed by atoms with van der Waals surface area (Å²) in [6.45, 7) is 4.27. The number of pyridine rings is 2. The number of nitrogens with one attached hydrogen (secondary N) is 1. The molecule has 150 valence electrons. The van der Waals surface area contributed by atoms with Crippen molar-refractivity contribution >= 4 is 5.91 Å². The van der Waals surface area contributed by atoms with Crippen LogP contribution >= 0.6 is 0 Å². The number of carbonyl (C=O) groups excluding carboxylic acids is 1. The van der Waals surface area contributed by atoms with Gasteiger partial charge in [-0.15, -0.1) is 0 Å². The van der Waals surface area contributed by atoms with Gasteiger partial charge in [0.05, 0.1) is 23.1 Å². The molecule has 1 amide bonds. The van der Waals surface area contributed by atoms with Crippen molar-refractivity contribution in [3.63, 3.8) is 0 Å². The molecule has 0 saturated carbocycles. The Labute approximate surface area is 174 Å². The molecule has 4 aromatic heterocycles. The molecule has 0 atom stereocenters. The predicted molar refractivity (Wildman–Crippen MR) is 112 cm³/mol. The molecule has 8 heteroatoms. The zero-order valence-electron chi connectivity index (χ0n) is 16.8. The summed E-state index contributed by atoms with van der Waals surface area (Å²) in [4.78, 5) is 30.1. The minimum Gasteiger partial charge on any atom is -0.352 e. The Bertz CT molecular complexity index is 1170. The van der Waals surface area contributed by atoms with Crippen molar-refractivity contribution in [3.8, 4) is 17.2 Å². The van der Waals surface area contributed by atoms with Crippen molar-refractivity contribution in [2.45, 2.75) is 20.3 Å². The third kappa shape index (κ3) is 4.22. The van der Waals surface area contributed by atoms with Gasteiger partial charge in [0.25, 0.3) is 11.9 Å². The molecule has 0 radical (unpaired) electrons. The molecule has 0 aromatic carbocycles. The molecular weight excluding hydrogens is 378 g/mol. The van der Waals surface area contributed by atoms with Crippen molar-refractivity contribution < 1.29 is 4.79 Å². The second-order valence-corrected chi connectivity index (χ2v) is 6.82. The third-order valence-corrected chi connectivity index (χ3v) is 4.66. The first kappa shape index (κ1) is 19.4. The van der Waals surface area contributed by atoms with Gasteiger partial charge >= 0.3 is 0 Å². The van der Waals surface area contributed by atoms with Gasteiger partial charge in [0.15, 0.2) is 0 Å². The molecular formula is C22H21N7O. The third-order valence-electron chi connectivity index (χ3n) is 4.66. The number of aryl methyl sites for hydroxylation is 1. The Balaban J connectivity index is 1.48. The highest BCUT2D eigenvalue weighted by Gasteiger charge is 2.16. The van der Waals surface area contributed by atoms with Crippen LogP contribution in [0.2, 0.25) is 0 Å². The summed E-state index contributed by atoms with van der Waals surface area (Å²) < 4.78 is 1.57. The summed E-state index contributed by atoms with van der Waals surface area (Å²) >= 11 is 0. The van der Waals surface area contributed by atoms with E-state index >= 15 is 0 Å². The maximum absolute atomic E-state index is 12.6. The highest BCUT2D eigenvalue weighted by Crippen LogP contribution is 2.17. The summed E-state index contributed by atoms with van der Waals surface area (Å²) in [5.41, 5.74) is 4.69. The molecule has 0 saturated heterocycles. The topological polar surface area (TPSA) is 98.5 Å². The van der Waals surface area contributed by atoms with Crippen LogP contribution < -0.4 is 5.32 Å². The van der Waals surface area contributed by atoms with E-state index < -0.39 is 0 Å². The Kier molecular flexibility index (Phi) is 5.56. The highest BCUT2D eigenvalue weighted by atomic mass is 16.1. The molecule has 0 bridgehead atoms. The Hall–Kier alpha value is -3.94. The minimum atomic E-state index is -0.185. The van der Waals surface area contributed by atoms with E-state index in [1.807, 2.05) is 50.2 Å². The second kappa shape index (κ2) is 8.60. The fraction of sp³-hybridized carbons (Fsp3) is 0.182. The first-order chi connectivity index (χ1) is 14.6. The normalized spacial score (nSPS) is 10.7. The first-order valence-electron chi connectivity index (χ1n) is 9.61. The average Bonchev–Trinajstić information content (AvgIpc) is 3.16. The van der Waals surface area contributed by atoms with Gasteiger partial charge in [0, 0.05) is 48.5 Å². The molecule has 1 N–H and O–H groups in total. The maximum Gasteiger partial charge on any atom is 0.254 e. The molecule has 0 fully saturated rings. The lowest BCUT2D eigenvalue weighted by Gasteiger charge is -2.07. The average molecular weight is 399 g/mol. The van der Waals surface area contributed by atoms with E-state index in [1.165, 1.54) is 6.20 Å². The fourth-order valence-corrected chi connectivity index (χ4v) is 3.10. The van der Waals surface area contributed by atoms with Crippen molar-refractivity contribution in [2.75, 3.05) is 6.54 Å². The zero-order valence-corrected chi connectivity index (χ0v) is 16.8. The lowest BCUT2D eigenvalue weighted by molar-refractivity contribution is 0.0953. The van der Waals surface area contributed by atoms with Crippen LogP contribution in [0.25, 0.3) is 17.2 Å². The Morgan fingerprint density at radius 2 is 1.93 bits per heavy atom. The van der Waals surface area contributed by atoms with Crippen LogP contribution in [0.15, 0.2) is 61.2 Å². The quantitative estimate of drug-likeness (QED) is 0.535. The van der Waals surface area contributed by atoms with E-state index in [-0.39, 0.29) is 5.91 Å². The van der Waals surface area contributed by atoms with Gasteiger partial charge in [-0.2, -0.15) is 5.10 Å². The summed E-state index contributed by atoms with van der Waals surface area (Å²) in [6, 6.07) is 11.5. The van der Waals surface area contributed by atoms with E-state index in [0.717, 1.165) is 22.6 Å². The largest absolute Gasteiger partial charge is 0.352 e. The summed E-state index contributed by atoms with van der Waals surface area (Å²) in [7, 11) is 0. The van der Waals surface area contributed by atoms with Gasteiger partial charge in [-0.05, 0) is 44.2 Å². The lowest BCUT2D eigenvalue weighted by Crippen LogP contribution is -2.26. The molecule has 4 rings (SSSR count). The Morgan fingerprint density at radius 1 is 1.03 bits per heavy atom. The van der Waals surface area contributed by atoms with E-state index in [2.05, 4.69) is 30.4 Å². The SMILES string of the molecule is Cc1cccc(CCNC(=O)c2cnn(-c3nccc(-c4cccnc4)n3)c2C)n1. The van der Waals surface area contributed by atoms with Crippen molar-refractivity contribution in [1.29, 1.82) is 0 Å². The number of rotatable bonds is 6. The fourth-order valence-electron chi connectivity index (χ4n) is 3.10. The molecule has 0 aliphatic rings. The van der Waals surface area contributed by atoms with Crippen LogP contribution in [0.5, 0.6) is 0 Å². The monoisotopic (exact) mass is 399 g/mol. The van der Waals surface area contributed by atoms with Gasteiger partial charge < -0.3 is 5.32 Å². The molecule has 30 heavy (non-hydrogen) atoms. The van der Waals surface area contributed by atoms with Gasteiger partial charge in [0.1, 0.15) is 0 Å². The number of hydrogen-bond donors (Lipinski definition) is 1. The number of nitrogens with zero attached hydrogens (tertiary/aromatic N) is 6. The number of aromatic nitrogens is 6. The predicted octanol–water partition coefficient (Wildman–Crippen LogP) is 2.71. The molecule has 0 unspecified atom stereocenters. The molecule has 0 aliphatic carbocycles. The van der Waals surface area contributed by atoms with Gasteiger partial charge in [-0.3, -0.25) is 14.8 Å². The molecule has 4 aromatic rings. The lowest BCUT2D eigenvalue weighted by atomic mass is 10.2. The van der Waals surface area contributed by atoms with Crippen LogP contribution in [0.4, 0.5) is 0 Å². The van der Waals surface area contributed by atoms with Crippen LogP contribution in [0.3, 0.4) is 0 Å². The number of carbonyl (C=O) groups is 1. The van der Waals surface area contributed by atoms with E-state index in [4.69, 9.17) is 0 Å². The van der Waals surface area contributed by atoms with Crippen molar-refractivity contribution in [2.24, 2.45) is 0 Å². The maximum atomic E-state index is 12.6. The number of hydrogen-bond acceptors (Lipinski definition) is 6. The summed E-state index contributed by atoms with van der Waals surface area (Å²) in [6.07, 6.45) is 7.32. The van der Waals surface area contributed by atoms with E-state index in [1.54, 1.807) is 23.3 Å². The molecule has 0 spiro atoms.